The third-order valence-electron chi connectivity index (χ3n) is 4.26. The van der Waals surface area contributed by atoms with Crippen LogP contribution in [0.5, 0.6) is 0 Å². The molecule has 2 atom stereocenters. The molecule has 1 heterocycles. The summed E-state index contributed by atoms with van der Waals surface area (Å²) in [5.74, 6) is 0.0885. The predicted molar refractivity (Wildman–Crippen MR) is 107 cm³/mol. The third-order valence-corrected chi connectivity index (χ3v) is 6.22. The van der Waals surface area contributed by atoms with Crippen molar-refractivity contribution in [2.75, 3.05) is 11.1 Å². The first-order chi connectivity index (χ1) is 12.5. The van der Waals surface area contributed by atoms with Crippen LogP contribution in [-0.4, -0.2) is 38.8 Å². The van der Waals surface area contributed by atoms with Crippen molar-refractivity contribution in [3.05, 3.63) is 30.1 Å². The van der Waals surface area contributed by atoms with Crippen LogP contribution in [0.2, 0.25) is 0 Å². The Labute approximate surface area is 162 Å². The molecule has 0 fully saturated rings. The van der Waals surface area contributed by atoms with Crippen molar-refractivity contribution in [2.24, 2.45) is 0 Å². The number of nitrogens with one attached hydrogen (secondary N) is 1. The SMILES string of the molecule is CC[C@H](C)N(C(=O)CSc1nnc(Nc2ccccc2F)s1)[C@@H](C)CC. The van der Waals surface area contributed by atoms with Crippen molar-refractivity contribution in [1.29, 1.82) is 0 Å². The third kappa shape index (κ3) is 5.41. The molecule has 142 valence electrons. The van der Waals surface area contributed by atoms with Gasteiger partial charge in [-0.25, -0.2) is 4.39 Å². The smallest absolute Gasteiger partial charge is 0.233 e. The van der Waals surface area contributed by atoms with Gasteiger partial charge in [0.1, 0.15) is 5.82 Å². The van der Waals surface area contributed by atoms with Crippen molar-refractivity contribution in [1.82, 2.24) is 15.1 Å². The van der Waals surface area contributed by atoms with Crippen LogP contribution in [0, 0.1) is 5.82 Å². The van der Waals surface area contributed by atoms with Crippen LogP contribution in [0.4, 0.5) is 15.2 Å². The summed E-state index contributed by atoms with van der Waals surface area (Å²) in [5.41, 5.74) is 0.357. The van der Waals surface area contributed by atoms with Gasteiger partial charge in [-0.05, 0) is 38.8 Å². The summed E-state index contributed by atoms with van der Waals surface area (Å²) >= 11 is 2.68. The fraction of sp³-hybridized carbons (Fsp3) is 0.500. The number of benzene rings is 1. The van der Waals surface area contributed by atoms with Crippen molar-refractivity contribution >= 4 is 39.8 Å². The molecule has 1 amide bonds. The summed E-state index contributed by atoms with van der Waals surface area (Å²) < 4.78 is 14.4. The van der Waals surface area contributed by atoms with E-state index in [1.807, 2.05) is 4.90 Å². The van der Waals surface area contributed by atoms with Gasteiger partial charge in [0.25, 0.3) is 0 Å². The molecule has 1 N–H and O–H groups in total. The molecule has 2 rings (SSSR count). The van der Waals surface area contributed by atoms with Crippen LogP contribution in [-0.2, 0) is 4.79 Å². The second kappa shape index (κ2) is 9.87. The second-order valence-corrected chi connectivity index (χ2v) is 8.28. The van der Waals surface area contributed by atoms with E-state index < -0.39 is 0 Å². The van der Waals surface area contributed by atoms with Crippen molar-refractivity contribution in [3.8, 4) is 0 Å². The summed E-state index contributed by atoms with van der Waals surface area (Å²) in [4.78, 5) is 14.6. The minimum absolute atomic E-state index is 0.109. The Morgan fingerprint density at radius 3 is 2.50 bits per heavy atom. The second-order valence-electron chi connectivity index (χ2n) is 6.08. The average molecular weight is 397 g/mol. The monoisotopic (exact) mass is 396 g/mol. The lowest BCUT2D eigenvalue weighted by Crippen LogP contribution is -2.45. The standard InChI is InChI=1S/C18H25FN4OS2/c1-5-12(3)23(13(4)6-2)16(24)11-25-18-22-21-17(26-18)20-15-10-8-7-9-14(15)19/h7-10,12-13H,5-6,11H2,1-4H3,(H,20,21)/t12-,13-/m0/s1. The summed E-state index contributed by atoms with van der Waals surface area (Å²) in [6.07, 6.45) is 1.85. The molecule has 0 radical (unpaired) electrons. The number of rotatable bonds is 9. The molecule has 0 saturated heterocycles. The lowest BCUT2D eigenvalue weighted by Gasteiger charge is -2.33. The molecule has 0 aliphatic heterocycles. The Morgan fingerprint density at radius 1 is 1.23 bits per heavy atom. The van der Waals surface area contributed by atoms with Crippen molar-refractivity contribution in [3.63, 3.8) is 0 Å². The highest BCUT2D eigenvalue weighted by atomic mass is 32.2. The molecule has 1 aromatic carbocycles. The van der Waals surface area contributed by atoms with Crippen molar-refractivity contribution in [2.45, 2.75) is 57.0 Å². The first-order valence-electron chi connectivity index (χ1n) is 8.75. The molecule has 0 aliphatic carbocycles. The van der Waals surface area contributed by atoms with Crippen LogP contribution in [0.15, 0.2) is 28.6 Å². The highest BCUT2D eigenvalue weighted by Gasteiger charge is 2.23. The number of carbonyl (C=O) groups excluding carboxylic acids is 1. The van der Waals surface area contributed by atoms with E-state index in [9.17, 15) is 9.18 Å². The van der Waals surface area contributed by atoms with E-state index in [2.05, 4.69) is 43.2 Å². The number of thioether (sulfide) groups is 1. The molecule has 0 unspecified atom stereocenters. The fourth-order valence-corrected chi connectivity index (χ4v) is 4.15. The topological polar surface area (TPSA) is 58.1 Å². The van der Waals surface area contributed by atoms with Gasteiger partial charge in [-0.15, -0.1) is 10.2 Å². The number of anilines is 2. The number of hydrogen-bond donors (Lipinski definition) is 1. The van der Waals surface area contributed by atoms with E-state index >= 15 is 0 Å². The summed E-state index contributed by atoms with van der Waals surface area (Å²) in [7, 11) is 0. The molecule has 1 aromatic heterocycles. The van der Waals surface area contributed by atoms with Crippen LogP contribution in [0.1, 0.15) is 40.5 Å². The largest absolute Gasteiger partial charge is 0.337 e. The number of para-hydroxylation sites is 1. The van der Waals surface area contributed by atoms with E-state index in [1.165, 1.54) is 29.2 Å². The van der Waals surface area contributed by atoms with E-state index in [0.29, 0.717) is 20.9 Å². The first kappa shape index (κ1) is 20.6. The fourth-order valence-electron chi connectivity index (χ4n) is 2.51. The van der Waals surface area contributed by atoms with Gasteiger partial charge in [-0.3, -0.25) is 4.79 Å². The maximum atomic E-state index is 13.7. The molecule has 2 aromatic rings. The molecule has 26 heavy (non-hydrogen) atoms. The van der Waals surface area contributed by atoms with Crippen LogP contribution < -0.4 is 5.32 Å². The van der Waals surface area contributed by atoms with E-state index in [4.69, 9.17) is 0 Å². The molecule has 0 saturated carbocycles. The zero-order valence-electron chi connectivity index (χ0n) is 15.5. The summed E-state index contributed by atoms with van der Waals surface area (Å²) in [5, 5.41) is 11.5. The van der Waals surface area contributed by atoms with Crippen LogP contribution >= 0.6 is 23.1 Å². The van der Waals surface area contributed by atoms with Gasteiger partial charge in [-0.1, -0.05) is 49.1 Å². The van der Waals surface area contributed by atoms with Gasteiger partial charge in [0.15, 0.2) is 4.34 Å². The Bertz CT molecular complexity index is 715. The predicted octanol–water partition coefficient (Wildman–Crippen LogP) is 4.94. The number of carbonyl (C=O) groups is 1. The Kier molecular flexibility index (Phi) is 7.84. The zero-order valence-corrected chi connectivity index (χ0v) is 17.2. The Balaban J connectivity index is 1.96. The number of hydrogen-bond acceptors (Lipinski definition) is 6. The maximum Gasteiger partial charge on any atom is 0.233 e. The lowest BCUT2D eigenvalue weighted by molar-refractivity contribution is -0.132. The minimum Gasteiger partial charge on any atom is -0.337 e. The van der Waals surface area contributed by atoms with E-state index in [1.54, 1.807) is 18.2 Å². The Morgan fingerprint density at radius 2 is 1.88 bits per heavy atom. The van der Waals surface area contributed by atoms with E-state index in [-0.39, 0.29) is 23.8 Å². The minimum atomic E-state index is -0.343. The zero-order chi connectivity index (χ0) is 19.1. The van der Waals surface area contributed by atoms with Crippen molar-refractivity contribution < 1.29 is 9.18 Å². The normalized spacial score (nSPS) is 13.3. The maximum absolute atomic E-state index is 13.7. The number of amides is 1. The number of nitrogens with zero attached hydrogens (tertiary/aromatic N) is 3. The average Bonchev–Trinajstić information content (AvgIpc) is 3.09. The highest BCUT2D eigenvalue weighted by molar-refractivity contribution is 8.01. The van der Waals surface area contributed by atoms with Gasteiger partial charge >= 0.3 is 0 Å². The molecule has 8 heteroatoms. The van der Waals surface area contributed by atoms with Crippen LogP contribution in [0.3, 0.4) is 0 Å². The first-order valence-corrected chi connectivity index (χ1v) is 10.5. The molecular formula is C18H25FN4OS2. The number of aromatic nitrogens is 2. The van der Waals surface area contributed by atoms with Gasteiger partial charge in [0.05, 0.1) is 11.4 Å². The van der Waals surface area contributed by atoms with Gasteiger partial charge < -0.3 is 10.2 Å². The molecular weight excluding hydrogens is 371 g/mol. The van der Waals surface area contributed by atoms with Gasteiger partial charge in [0.2, 0.25) is 11.0 Å². The summed E-state index contributed by atoms with van der Waals surface area (Å²) in [6.45, 7) is 8.34. The molecule has 0 aliphatic rings. The highest BCUT2D eigenvalue weighted by Crippen LogP contribution is 2.29. The van der Waals surface area contributed by atoms with Gasteiger partial charge in [0, 0.05) is 12.1 Å². The molecule has 5 nitrogen and oxygen atoms in total. The van der Waals surface area contributed by atoms with E-state index in [0.717, 1.165) is 12.8 Å². The lowest BCUT2D eigenvalue weighted by atomic mass is 10.1. The molecule has 0 bridgehead atoms. The summed E-state index contributed by atoms with van der Waals surface area (Å²) in [6, 6.07) is 6.84. The van der Waals surface area contributed by atoms with Crippen LogP contribution in [0.25, 0.3) is 0 Å². The molecule has 0 spiro atoms. The quantitative estimate of drug-likeness (QED) is 0.609. The van der Waals surface area contributed by atoms with Gasteiger partial charge in [-0.2, -0.15) is 0 Å². The number of halogens is 1. The Hall–Kier alpha value is -1.67.